The summed E-state index contributed by atoms with van der Waals surface area (Å²) in [5.74, 6) is 0.192. The number of pyridine rings is 1. The van der Waals surface area contributed by atoms with Crippen molar-refractivity contribution in [1.29, 1.82) is 0 Å². The predicted octanol–water partition coefficient (Wildman–Crippen LogP) is 1.48. The first-order valence-corrected chi connectivity index (χ1v) is 6.56. The maximum atomic E-state index is 10.8. The average Bonchev–Trinajstić information content (AvgIpc) is 2.57. The van der Waals surface area contributed by atoms with Crippen LogP contribution in [-0.2, 0) is 9.31 Å². The van der Waals surface area contributed by atoms with Crippen LogP contribution in [0.25, 0.3) is 0 Å². The highest BCUT2D eigenvalue weighted by atomic mass is 16.7. The minimum Gasteiger partial charge on any atom is -0.480 e. The van der Waals surface area contributed by atoms with Gasteiger partial charge in [0, 0.05) is 11.7 Å². The van der Waals surface area contributed by atoms with Crippen molar-refractivity contribution in [1.82, 2.24) is 4.98 Å². The van der Waals surface area contributed by atoms with Crippen LogP contribution >= 0.6 is 0 Å². The average molecular weight is 294 g/mol. The number of aromatic nitrogens is 1. The molecule has 1 aliphatic rings. The fourth-order valence-electron chi connectivity index (χ4n) is 1.94. The van der Waals surface area contributed by atoms with Gasteiger partial charge in [-0.15, -0.1) is 0 Å². The SMILES string of the molecule is COc1ncc(B2OC(C)(C)C(C)(C)O2)cc1NC(=O)O. The van der Waals surface area contributed by atoms with E-state index in [0.29, 0.717) is 5.46 Å². The van der Waals surface area contributed by atoms with Crippen LogP contribution in [0, 0.1) is 0 Å². The molecule has 1 aliphatic heterocycles. The number of anilines is 1. The lowest BCUT2D eigenvalue weighted by Gasteiger charge is -2.32. The highest BCUT2D eigenvalue weighted by Crippen LogP contribution is 2.36. The Morgan fingerprint density at radius 3 is 2.38 bits per heavy atom. The molecule has 1 aromatic rings. The van der Waals surface area contributed by atoms with Gasteiger partial charge < -0.3 is 19.2 Å². The summed E-state index contributed by atoms with van der Waals surface area (Å²) >= 11 is 0. The van der Waals surface area contributed by atoms with Crippen molar-refractivity contribution in [2.45, 2.75) is 38.9 Å². The Labute approximate surface area is 123 Å². The Hall–Kier alpha value is -1.80. The molecule has 1 saturated heterocycles. The fourth-order valence-corrected chi connectivity index (χ4v) is 1.94. The Kier molecular flexibility index (Phi) is 3.86. The molecule has 0 unspecified atom stereocenters. The van der Waals surface area contributed by atoms with Crippen LogP contribution in [0.15, 0.2) is 12.3 Å². The third-order valence-electron chi connectivity index (χ3n) is 3.83. The third kappa shape index (κ3) is 2.96. The van der Waals surface area contributed by atoms with Crippen LogP contribution < -0.4 is 15.5 Å². The highest BCUT2D eigenvalue weighted by molar-refractivity contribution is 6.62. The van der Waals surface area contributed by atoms with Crippen LogP contribution in [0.1, 0.15) is 27.7 Å². The zero-order valence-corrected chi connectivity index (χ0v) is 12.8. The van der Waals surface area contributed by atoms with Crippen molar-refractivity contribution in [2.24, 2.45) is 0 Å². The van der Waals surface area contributed by atoms with Crippen molar-refractivity contribution < 1.29 is 23.9 Å². The van der Waals surface area contributed by atoms with Crippen LogP contribution in [0.5, 0.6) is 5.88 Å². The van der Waals surface area contributed by atoms with Gasteiger partial charge in [-0.05, 0) is 33.8 Å². The summed E-state index contributed by atoms with van der Waals surface area (Å²) < 4.78 is 16.8. The molecule has 8 heteroatoms. The van der Waals surface area contributed by atoms with Crippen LogP contribution in [0.3, 0.4) is 0 Å². The maximum Gasteiger partial charge on any atom is 0.496 e. The second-order valence-corrected chi connectivity index (χ2v) is 5.84. The smallest absolute Gasteiger partial charge is 0.480 e. The van der Waals surface area contributed by atoms with E-state index in [4.69, 9.17) is 19.2 Å². The largest absolute Gasteiger partial charge is 0.496 e. The lowest BCUT2D eigenvalue weighted by atomic mass is 9.80. The second kappa shape index (κ2) is 5.20. The number of nitrogens with one attached hydrogen (secondary N) is 1. The van der Waals surface area contributed by atoms with Gasteiger partial charge in [-0.25, -0.2) is 9.78 Å². The van der Waals surface area contributed by atoms with Gasteiger partial charge in [0.05, 0.1) is 18.3 Å². The zero-order chi connectivity index (χ0) is 15.8. The highest BCUT2D eigenvalue weighted by Gasteiger charge is 2.51. The number of amides is 1. The molecule has 0 radical (unpaired) electrons. The van der Waals surface area contributed by atoms with E-state index in [-0.39, 0.29) is 11.6 Å². The maximum absolute atomic E-state index is 10.8. The van der Waals surface area contributed by atoms with E-state index in [0.717, 1.165) is 0 Å². The van der Waals surface area contributed by atoms with Crippen molar-refractivity contribution in [3.8, 4) is 5.88 Å². The minimum absolute atomic E-state index is 0.192. The van der Waals surface area contributed by atoms with Crippen LogP contribution in [-0.4, -0.2) is 41.6 Å². The van der Waals surface area contributed by atoms with E-state index < -0.39 is 24.4 Å². The first-order chi connectivity index (χ1) is 9.66. The summed E-state index contributed by atoms with van der Waals surface area (Å²) in [7, 11) is 0.812. The topological polar surface area (TPSA) is 89.9 Å². The van der Waals surface area contributed by atoms with Crippen LogP contribution in [0.2, 0.25) is 0 Å². The summed E-state index contributed by atoms with van der Waals surface area (Å²) in [4.78, 5) is 14.9. The molecule has 0 aromatic carbocycles. The molecule has 0 bridgehead atoms. The number of ether oxygens (including phenoxy) is 1. The number of methoxy groups -OCH3 is 1. The Balaban J connectivity index is 2.32. The van der Waals surface area contributed by atoms with Gasteiger partial charge in [-0.2, -0.15) is 0 Å². The number of carboxylic acid groups (broad SMARTS) is 1. The monoisotopic (exact) mass is 294 g/mol. The summed E-state index contributed by atoms with van der Waals surface area (Å²) in [6.45, 7) is 7.78. The summed E-state index contributed by atoms with van der Waals surface area (Å²) in [5.41, 5.74) is -0.0777. The quantitative estimate of drug-likeness (QED) is 0.821. The molecule has 1 amide bonds. The lowest BCUT2D eigenvalue weighted by molar-refractivity contribution is 0.00578. The summed E-state index contributed by atoms with van der Waals surface area (Å²) in [6, 6.07) is 1.60. The van der Waals surface area contributed by atoms with Gasteiger partial charge in [0.2, 0.25) is 5.88 Å². The molecule has 114 valence electrons. The van der Waals surface area contributed by atoms with Gasteiger partial charge >= 0.3 is 13.2 Å². The molecule has 0 aliphatic carbocycles. The van der Waals surface area contributed by atoms with Gasteiger partial charge in [-0.3, -0.25) is 5.32 Å². The van der Waals surface area contributed by atoms with Gasteiger partial charge in [0.15, 0.2) is 0 Å². The van der Waals surface area contributed by atoms with Gasteiger partial charge in [0.25, 0.3) is 0 Å². The molecular weight excluding hydrogens is 275 g/mol. The number of rotatable bonds is 3. The third-order valence-corrected chi connectivity index (χ3v) is 3.83. The molecule has 21 heavy (non-hydrogen) atoms. The van der Waals surface area contributed by atoms with E-state index in [9.17, 15) is 4.79 Å². The number of carbonyl (C=O) groups is 1. The molecular formula is C13H19BN2O5. The minimum atomic E-state index is -1.19. The van der Waals surface area contributed by atoms with Crippen LogP contribution in [0.4, 0.5) is 10.5 Å². The second-order valence-electron chi connectivity index (χ2n) is 5.84. The molecule has 0 spiro atoms. The van der Waals surface area contributed by atoms with Crippen molar-refractivity contribution in [3.63, 3.8) is 0 Å². The Morgan fingerprint density at radius 2 is 1.90 bits per heavy atom. The normalized spacial score (nSPS) is 19.4. The predicted molar refractivity (Wildman–Crippen MR) is 78.2 cm³/mol. The van der Waals surface area contributed by atoms with E-state index in [1.54, 1.807) is 12.3 Å². The van der Waals surface area contributed by atoms with E-state index in [1.165, 1.54) is 7.11 Å². The Morgan fingerprint density at radius 1 is 1.33 bits per heavy atom. The number of hydrogen-bond donors (Lipinski definition) is 2. The van der Waals surface area contributed by atoms with E-state index in [1.807, 2.05) is 27.7 Å². The molecule has 7 nitrogen and oxygen atoms in total. The van der Waals surface area contributed by atoms with Gasteiger partial charge in [0.1, 0.15) is 5.69 Å². The first kappa shape index (κ1) is 15.6. The molecule has 2 heterocycles. The summed E-state index contributed by atoms with van der Waals surface area (Å²) in [5, 5.41) is 11.1. The van der Waals surface area contributed by atoms with Crippen molar-refractivity contribution >= 4 is 24.4 Å². The standard InChI is InChI=1S/C13H19BN2O5/c1-12(2)13(3,4)21-14(20-12)8-6-9(16-11(17)18)10(19-5)15-7-8/h6-7,16H,1-5H3,(H,17,18). The molecule has 2 rings (SSSR count). The first-order valence-electron chi connectivity index (χ1n) is 6.56. The number of nitrogens with zero attached hydrogens (tertiary/aromatic N) is 1. The van der Waals surface area contributed by atoms with Crippen molar-refractivity contribution in [3.05, 3.63) is 12.3 Å². The lowest BCUT2D eigenvalue weighted by Crippen LogP contribution is -2.41. The molecule has 1 aromatic heterocycles. The molecule has 0 saturated carbocycles. The van der Waals surface area contributed by atoms with Gasteiger partial charge in [-0.1, -0.05) is 0 Å². The summed E-state index contributed by atoms with van der Waals surface area (Å²) in [6.07, 6.45) is 0.356. The Bertz CT molecular complexity index is 545. The number of hydrogen-bond acceptors (Lipinski definition) is 5. The van der Waals surface area contributed by atoms with E-state index in [2.05, 4.69) is 10.3 Å². The molecule has 1 fully saturated rings. The van der Waals surface area contributed by atoms with Crippen molar-refractivity contribution in [2.75, 3.05) is 12.4 Å². The molecule has 2 N–H and O–H groups in total. The zero-order valence-electron chi connectivity index (χ0n) is 12.8. The fraction of sp³-hybridized carbons (Fsp3) is 0.538. The van der Waals surface area contributed by atoms with E-state index >= 15 is 0 Å². The molecule has 0 atom stereocenters.